The molecule has 0 aliphatic carbocycles. The maximum Gasteiger partial charge on any atom is 0.524 e. The van der Waals surface area contributed by atoms with Gasteiger partial charge in [-0.2, -0.15) is 0 Å². The molecule has 9 heteroatoms. The quantitative estimate of drug-likeness (QED) is 0.349. The van der Waals surface area contributed by atoms with Crippen LogP contribution in [0.25, 0.3) is 0 Å². The molecule has 1 unspecified atom stereocenters. The van der Waals surface area contributed by atoms with Crippen LogP contribution >= 0.6 is 7.82 Å². The highest BCUT2D eigenvalue weighted by Crippen LogP contribution is 2.46. The molecule has 2 aromatic rings. The number of rotatable bonds is 5. The van der Waals surface area contributed by atoms with Crippen molar-refractivity contribution in [2.75, 3.05) is 0 Å². The van der Waals surface area contributed by atoms with Crippen molar-refractivity contribution >= 4 is 7.82 Å². The van der Waals surface area contributed by atoms with Crippen molar-refractivity contribution in [2.24, 2.45) is 0 Å². The zero-order valence-corrected chi connectivity index (χ0v) is 13.5. The molecule has 0 amide bonds. The van der Waals surface area contributed by atoms with Crippen LogP contribution in [0.15, 0.2) is 42.5 Å². The predicted octanol–water partition coefficient (Wildman–Crippen LogP) is 1.51. The van der Waals surface area contributed by atoms with Crippen molar-refractivity contribution in [1.82, 2.24) is 0 Å². The summed E-state index contributed by atoms with van der Waals surface area (Å²) in [6.07, 6.45) is 0. The summed E-state index contributed by atoms with van der Waals surface area (Å²) in [5.41, 5.74) is 0.0228. The molecule has 0 saturated carbocycles. The number of aliphatic hydroxyl groups is 2. The van der Waals surface area contributed by atoms with E-state index < -0.39 is 25.3 Å². The minimum atomic E-state index is -4.99. The Morgan fingerprint density at radius 2 is 1.67 bits per heavy atom. The Morgan fingerprint density at radius 3 is 2.25 bits per heavy atom. The fourth-order valence-electron chi connectivity index (χ4n) is 2.28. The van der Waals surface area contributed by atoms with Crippen molar-refractivity contribution in [1.29, 1.82) is 0 Å². The molecule has 2 aromatic carbocycles. The summed E-state index contributed by atoms with van der Waals surface area (Å²) in [6, 6.07) is 8.88. The minimum absolute atomic E-state index is 0.0763. The molecule has 0 aliphatic rings. The molecule has 0 aromatic heterocycles. The second-order valence-electron chi connectivity index (χ2n) is 5.31. The second-order valence-corrected chi connectivity index (χ2v) is 6.47. The van der Waals surface area contributed by atoms with Gasteiger partial charge in [0.2, 0.25) is 0 Å². The summed E-state index contributed by atoms with van der Waals surface area (Å²) in [5, 5.41) is 40.0. The molecule has 0 aliphatic heterocycles. The number of phenolic OH excluding ortho intramolecular Hbond substituents is 2. The Balaban J connectivity index is 2.50. The molecule has 0 fully saturated rings. The maximum absolute atomic E-state index is 11.1. The fourth-order valence-corrected chi connectivity index (χ4v) is 2.69. The number of phenols is 2. The molecule has 2 rings (SSSR count). The van der Waals surface area contributed by atoms with Crippen molar-refractivity contribution < 1.29 is 39.3 Å². The smallest absolute Gasteiger partial charge is 0.508 e. The summed E-state index contributed by atoms with van der Waals surface area (Å²) in [7, 11) is -4.99. The second kappa shape index (κ2) is 6.43. The number of aromatic hydroxyl groups is 2. The van der Waals surface area contributed by atoms with Crippen molar-refractivity contribution in [3.63, 3.8) is 0 Å². The van der Waals surface area contributed by atoms with Gasteiger partial charge in [0.1, 0.15) is 17.2 Å². The highest BCUT2D eigenvalue weighted by Gasteiger charge is 2.38. The molecule has 0 bridgehead atoms. The van der Waals surface area contributed by atoms with Crippen LogP contribution in [0.1, 0.15) is 24.0 Å². The Labute approximate surface area is 137 Å². The third-order valence-corrected chi connectivity index (χ3v) is 3.99. The first kappa shape index (κ1) is 18.3. The number of phosphoric ester groups is 1. The van der Waals surface area contributed by atoms with Crippen LogP contribution in [-0.4, -0.2) is 30.2 Å². The van der Waals surface area contributed by atoms with E-state index in [1.54, 1.807) is 6.07 Å². The van der Waals surface area contributed by atoms with E-state index >= 15 is 0 Å². The SMILES string of the molecule is CC(c1cccc(O)c1)C(O)(O)c1ccc(O)cc1OP(=O)(O)O. The molecule has 1 atom stereocenters. The van der Waals surface area contributed by atoms with Crippen LogP contribution < -0.4 is 4.52 Å². The third-order valence-electron chi connectivity index (χ3n) is 3.55. The van der Waals surface area contributed by atoms with Crippen LogP contribution in [-0.2, 0) is 10.4 Å². The average molecular weight is 356 g/mol. The molecule has 24 heavy (non-hydrogen) atoms. The Kier molecular flexibility index (Phi) is 4.89. The molecular weight excluding hydrogens is 339 g/mol. The molecule has 0 heterocycles. The van der Waals surface area contributed by atoms with E-state index in [9.17, 15) is 25.0 Å². The van der Waals surface area contributed by atoms with Gasteiger partial charge in [-0.05, 0) is 29.8 Å². The van der Waals surface area contributed by atoms with Crippen molar-refractivity contribution in [3.8, 4) is 17.2 Å². The van der Waals surface area contributed by atoms with Gasteiger partial charge in [-0.15, -0.1) is 0 Å². The zero-order chi connectivity index (χ0) is 18.1. The normalized spacial score (nSPS) is 13.5. The van der Waals surface area contributed by atoms with Crippen LogP contribution in [0.2, 0.25) is 0 Å². The van der Waals surface area contributed by atoms with Gasteiger partial charge in [-0.3, -0.25) is 9.79 Å². The molecule has 130 valence electrons. The van der Waals surface area contributed by atoms with Gasteiger partial charge in [-0.25, -0.2) is 4.57 Å². The van der Waals surface area contributed by atoms with Gasteiger partial charge in [0.15, 0.2) is 5.79 Å². The van der Waals surface area contributed by atoms with Gasteiger partial charge in [0.05, 0.1) is 5.56 Å². The Hall–Kier alpha value is -2.09. The topological polar surface area (TPSA) is 148 Å². The van der Waals surface area contributed by atoms with Gasteiger partial charge in [-0.1, -0.05) is 19.1 Å². The lowest BCUT2D eigenvalue weighted by Gasteiger charge is -2.31. The summed E-state index contributed by atoms with van der Waals surface area (Å²) in [5.74, 6) is -4.60. The lowest BCUT2D eigenvalue weighted by Crippen LogP contribution is -2.32. The van der Waals surface area contributed by atoms with Crippen LogP contribution in [0.4, 0.5) is 0 Å². The molecule has 8 nitrogen and oxygen atoms in total. The van der Waals surface area contributed by atoms with Gasteiger partial charge in [0, 0.05) is 12.0 Å². The van der Waals surface area contributed by atoms with Crippen molar-refractivity contribution in [3.05, 3.63) is 53.6 Å². The number of phosphoric acid groups is 1. The first-order chi connectivity index (χ1) is 11.0. The van der Waals surface area contributed by atoms with Crippen molar-refractivity contribution in [2.45, 2.75) is 18.6 Å². The lowest BCUT2D eigenvalue weighted by atomic mass is 9.87. The van der Waals surface area contributed by atoms with Gasteiger partial charge < -0.3 is 24.9 Å². The Morgan fingerprint density at radius 1 is 1.04 bits per heavy atom. The number of hydrogen-bond donors (Lipinski definition) is 6. The highest BCUT2D eigenvalue weighted by molar-refractivity contribution is 7.46. The highest BCUT2D eigenvalue weighted by atomic mass is 31.2. The van der Waals surface area contributed by atoms with E-state index in [2.05, 4.69) is 4.52 Å². The first-order valence-electron chi connectivity index (χ1n) is 6.83. The Bertz CT molecular complexity index is 783. The minimum Gasteiger partial charge on any atom is -0.508 e. The fraction of sp³-hybridized carbons (Fsp3) is 0.200. The number of hydrogen-bond acceptors (Lipinski definition) is 6. The van der Waals surface area contributed by atoms with E-state index in [0.717, 1.165) is 18.2 Å². The van der Waals surface area contributed by atoms with E-state index in [0.29, 0.717) is 5.56 Å². The summed E-state index contributed by atoms with van der Waals surface area (Å²) in [4.78, 5) is 17.9. The van der Waals surface area contributed by atoms with E-state index in [1.807, 2.05) is 0 Å². The van der Waals surface area contributed by atoms with Crippen LogP contribution in [0.5, 0.6) is 17.2 Å². The summed E-state index contributed by atoms with van der Waals surface area (Å²) in [6.45, 7) is 1.45. The standard InChI is InChI=1S/C15H17O8P/c1-9(10-3-2-4-11(16)7-10)15(18,19)13-6-5-12(17)8-14(13)23-24(20,21)22/h2-9,16-19H,1H3,(H2,20,21,22). The van der Waals surface area contributed by atoms with Gasteiger partial charge in [0.25, 0.3) is 0 Å². The molecule has 0 spiro atoms. The molecule has 6 N–H and O–H groups in total. The largest absolute Gasteiger partial charge is 0.524 e. The predicted molar refractivity (Wildman–Crippen MR) is 83.4 cm³/mol. The third kappa shape index (κ3) is 4.05. The monoisotopic (exact) mass is 356 g/mol. The van der Waals surface area contributed by atoms with E-state index in [4.69, 9.17) is 9.79 Å². The maximum atomic E-state index is 11.1. The zero-order valence-electron chi connectivity index (χ0n) is 12.6. The number of benzene rings is 2. The first-order valence-corrected chi connectivity index (χ1v) is 8.36. The summed E-state index contributed by atoms with van der Waals surface area (Å²) >= 11 is 0. The van der Waals surface area contributed by atoms with Gasteiger partial charge >= 0.3 is 7.82 Å². The van der Waals surface area contributed by atoms with Crippen LogP contribution in [0, 0.1) is 0 Å². The summed E-state index contributed by atoms with van der Waals surface area (Å²) < 4.78 is 15.5. The molecule has 0 radical (unpaired) electrons. The average Bonchev–Trinajstić information content (AvgIpc) is 2.44. The van der Waals surface area contributed by atoms with Crippen LogP contribution in [0.3, 0.4) is 0 Å². The molecule has 0 saturated heterocycles. The van der Waals surface area contributed by atoms with E-state index in [-0.39, 0.29) is 17.1 Å². The lowest BCUT2D eigenvalue weighted by molar-refractivity contribution is -0.185. The molecular formula is C15H17O8P. The van der Waals surface area contributed by atoms with E-state index in [1.165, 1.54) is 25.1 Å².